The lowest BCUT2D eigenvalue weighted by Crippen LogP contribution is -3.16. The van der Waals surface area contributed by atoms with Gasteiger partial charge in [-0.2, -0.15) is 9.57 Å². The van der Waals surface area contributed by atoms with Crippen LogP contribution in [0.1, 0.15) is 31.9 Å². The zero-order chi connectivity index (χ0) is 21.1. The van der Waals surface area contributed by atoms with E-state index in [0.717, 1.165) is 16.0 Å². The van der Waals surface area contributed by atoms with Crippen LogP contribution in [-0.4, -0.2) is 56.9 Å². The highest BCUT2D eigenvalue weighted by Gasteiger charge is 2.34. The maximum Gasteiger partial charge on any atom is 0.276 e. The first-order chi connectivity index (χ1) is 13.0. The van der Waals surface area contributed by atoms with Gasteiger partial charge in [-0.15, -0.1) is 0 Å². The van der Waals surface area contributed by atoms with Crippen LogP contribution in [0, 0.1) is 31.1 Å². The van der Waals surface area contributed by atoms with Gasteiger partial charge in [0, 0.05) is 0 Å². The van der Waals surface area contributed by atoms with Crippen LogP contribution in [-0.2, 0) is 14.8 Å². The van der Waals surface area contributed by atoms with Crippen LogP contribution in [0.25, 0.3) is 0 Å². The van der Waals surface area contributed by atoms with E-state index in [1.807, 2.05) is 33.8 Å². The highest BCUT2D eigenvalue weighted by atomic mass is 32.2. The number of nitrogens with zero attached hydrogens (tertiary/aromatic N) is 2. The van der Waals surface area contributed by atoms with Crippen molar-refractivity contribution in [1.82, 2.24) is 9.62 Å². The summed E-state index contributed by atoms with van der Waals surface area (Å²) in [7, 11) is -3.52. The van der Waals surface area contributed by atoms with E-state index in [0.29, 0.717) is 31.1 Å². The van der Waals surface area contributed by atoms with E-state index in [1.165, 1.54) is 4.31 Å². The van der Waals surface area contributed by atoms with Gasteiger partial charge in [-0.05, 0) is 49.9 Å². The van der Waals surface area contributed by atoms with Crippen molar-refractivity contribution in [1.29, 1.82) is 5.26 Å². The quantitative estimate of drug-likeness (QED) is 0.707. The van der Waals surface area contributed by atoms with Crippen LogP contribution in [0.15, 0.2) is 23.1 Å². The summed E-state index contributed by atoms with van der Waals surface area (Å²) in [5.74, 6) is -0.186. The van der Waals surface area contributed by atoms with Crippen LogP contribution >= 0.6 is 0 Å². The van der Waals surface area contributed by atoms with E-state index in [2.05, 4.69) is 11.4 Å². The van der Waals surface area contributed by atoms with Crippen LogP contribution in [0.3, 0.4) is 0 Å². The van der Waals surface area contributed by atoms with E-state index in [1.54, 1.807) is 19.1 Å². The molecule has 8 heteroatoms. The monoisotopic (exact) mass is 407 g/mol. The molecule has 1 aliphatic heterocycles. The second-order valence-electron chi connectivity index (χ2n) is 8.09. The fourth-order valence-corrected chi connectivity index (χ4v) is 4.63. The summed E-state index contributed by atoms with van der Waals surface area (Å²) < 4.78 is 27.3. The lowest BCUT2D eigenvalue weighted by atomic mass is 9.90. The molecule has 0 radical (unpaired) electrons. The van der Waals surface area contributed by atoms with Crippen molar-refractivity contribution in [2.75, 3.05) is 32.7 Å². The van der Waals surface area contributed by atoms with E-state index < -0.39 is 15.6 Å². The number of aryl methyl sites for hydroxylation is 2. The second-order valence-corrected chi connectivity index (χ2v) is 10.0. The van der Waals surface area contributed by atoms with Crippen LogP contribution in [0.4, 0.5) is 0 Å². The molecule has 0 aliphatic carbocycles. The van der Waals surface area contributed by atoms with Gasteiger partial charge in [-0.3, -0.25) is 4.79 Å². The number of quaternary nitrogens is 1. The third-order valence-electron chi connectivity index (χ3n) is 5.74. The molecule has 0 spiro atoms. The largest absolute Gasteiger partial charge is 0.333 e. The maximum atomic E-state index is 12.9. The van der Waals surface area contributed by atoms with Gasteiger partial charge >= 0.3 is 0 Å². The van der Waals surface area contributed by atoms with Crippen LogP contribution < -0.4 is 10.2 Å². The van der Waals surface area contributed by atoms with E-state index >= 15 is 0 Å². The van der Waals surface area contributed by atoms with Crippen LogP contribution in [0.5, 0.6) is 0 Å². The smallest absolute Gasteiger partial charge is 0.276 e. The molecule has 2 N–H and O–H groups in total. The molecule has 1 heterocycles. The number of carbonyl (C=O) groups excluding carboxylic acids is 1. The fraction of sp³-hybridized carbons (Fsp3) is 0.600. The summed E-state index contributed by atoms with van der Waals surface area (Å²) in [5.41, 5.74) is 1.11. The van der Waals surface area contributed by atoms with Crippen molar-refractivity contribution in [3.8, 4) is 6.07 Å². The molecule has 1 aromatic carbocycles. The Morgan fingerprint density at radius 1 is 1.29 bits per heavy atom. The maximum absolute atomic E-state index is 12.9. The number of sulfonamides is 1. The number of amides is 1. The Bertz CT molecular complexity index is 868. The van der Waals surface area contributed by atoms with Gasteiger partial charge in [0.1, 0.15) is 5.54 Å². The number of benzene rings is 1. The molecule has 0 saturated carbocycles. The number of hydrogen-bond acceptors (Lipinski definition) is 4. The molecule has 1 aliphatic rings. The Hall–Kier alpha value is -1.95. The molecule has 0 aromatic heterocycles. The lowest BCUT2D eigenvalue weighted by molar-refractivity contribution is -0.895. The van der Waals surface area contributed by atoms with Gasteiger partial charge in [0.15, 0.2) is 6.54 Å². The summed E-state index contributed by atoms with van der Waals surface area (Å²) in [6.07, 6.45) is 0. The molecule has 1 saturated heterocycles. The topological polar surface area (TPSA) is 94.7 Å². The van der Waals surface area contributed by atoms with Gasteiger partial charge in [0.05, 0.1) is 37.1 Å². The molecule has 1 atom stereocenters. The third-order valence-corrected chi connectivity index (χ3v) is 7.64. The molecule has 0 bridgehead atoms. The number of piperazine rings is 1. The summed E-state index contributed by atoms with van der Waals surface area (Å²) in [5, 5.41) is 12.2. The van der Waals surface area contributed by atoms with Gasteiger partial charge < -0.3 is 10.2 Å². The number of rotatable bonds is 6. The van der Waals surface area contributed by atoms with Gasteiger partial charge in [-0.1, -0.05) is 19.9 Å². The Labute approximate surface area is 168 Å². The standard InChI is InChI=1S/C20H30N4O3S/c1-15(2)20(5,14-21)22-19(25)13-23-8-10-24(11-9-23)28(26,27)18-7-6-16(3)17(4)12-18/h6-7,12,15H,8-11,13H2,1-5H3,(H,22,25)/p+1/t20-/m0/s1. The predicted octanol–water partition coefficient (Wildman–Crippen LogP) is 0.247. The van der Waals surface area contributed by atoms with Crippen molar-refractivity contribution < 1.29 is 18.1 Å². The highest BCUT2D eigenvalue weighted by Crippen LogP contribution is 2.19. The van der Waals surface area contributed by atoms with Crippen LogP contribution in [0.2, 0.25) is 0 Å². The highest BCUT2D eigenvalue weighted by molar-refractivity contribution is 7.89. The summed E-state index contributed by atoms with van der Waals surface area (Å²) in [4.78, 5) is 13.7. The number of hydrogen-bond donors (Lipinski definition) is 2. The molecular weight excluding hydrogens is 376 g/mol. The minimum Gasteiger partial charge on any atom is -0.333 e. The normalized spacial score (nSPS) is 18.5. The summed E-state index contributed by atoms with van der Waals surface area (Å²) >= 11 is 0. The summed E-state index contributed by atoms with van der Waals surface area (Å²) in [6.45, 7) is 11.5. The number of carbonyl (C=O) groups is 1. The lowest BCUT2D eigenvalue weighted by Gasteiger charge is -2.32. The van der Waals surface area contributed by atoms with Crippen molar-refractivity contribution in [2.45, 2.75) is 45.1 Å². The first-order valence-electron chi connectivity index (χ1n) is 9.63. The van der Waals surface area contributed by atoms with E-state index in [-0.39, 0.29) is 18.4 Å². The zero-order valence-corrected chi connectivity index (χ0v) is 18.2. The first kappa shape index (κ1) is 22.3. The van der Waals surface area contributed by atoms with Crippen molar-refractivity contribution in [3.63, 3.8) is 0 Å². The second kappa shape index (κ2) is 8.60. The minimum atomic E-state index is -3.52. The van der Waals surface area contributed by atoms with E-state index in [4.69, 9.17) is 0 Å². The predicted molar refractivity (Wildman–Crippen MR) is 107 cm³/mol. The molecule has 28 heavy (non-hydrogen) atoms. The third kappa shape index (κ3) is 4.90. The van der Waals surface area contributed by atoms with Crippen molar-refractivity contribution in [2.24, 2.45) is 5.92 Å². The van der Waals surface area contributed by atoms with E-state index in [9.17, 15) is 18.5 Å². The SMILES string of the molecule is Cc1ccc(S(=O)(=O)N2CC[NH+](CC(=O)N[C@@](C)(C#N)C(C)C)CC2)cc1C. The van der Waals surface area contributed by atoms with Gasteiger partial charge in [0.2, 0.25) is 10.0 Å². The Kier molecular flexibility index (Phi) is 6.86. The summed E-state index contributed by atoms with van der Waals surface area (Å²) in [6, 6.07) is 7.37. The van der Waals surface area contributed by atoms with Gasteiger partial charge in [0.25, 0.3) is 5.91 Å². The zero-order valence-electron chi connectivity index (χ0n) is 17.4. The average molecular weight is 408 g/mol. The van der Waals surface area contributed by atoms with Crippen molar-refractivity contribution >= 4 is 15.9 Å². The average Bonchev–Trinajstić information content (AvgIpc) is 2.63. The number of nitrogens with one attached hydrogen (secondary N) is 2. The molecular formula is C20H31N4O3S+. The first-order valence-corrected chi connectivity index (χ1v) is 11.1. The Morgan fingerprint density at radius 3 is 2.39 bits per heavy atom. The molecule has 2 rings (SSSR count). The molecule has 1 fully saturated rings. The minimum absolute atomic E-state index is 0.00333. The Balaban J connectivity index is 1.96. The molecule has 1 amide bonds. The molecule has 0 unspecified atom stereocenters. The molecule has 154 valence electrons. The fourth-order valence-electron chi connectivity index (χ4n) is 3.11. The molecule has 7 nitrogen and oxygen atoms in total. The van der Waals surface area contributed by atoms with Gasteiger partial charge in [-0.25, -0.2) is 8.42 Å². The molecule has 1 aromatic rings. The Morgan fingerprint density at radius 2 is 1.89 bits per heavy atom. The van der Waals surface area contributed by atoms with Crippen molar-refractivity contribution in [3.05, 3.63) is 29.3 Å². The number of nitriles is 1.